The Balaban J connectivity index is 2.11. The Bertz CT molecular complexity index is 900. The number of amides is 1. The zero-order valence-corrected chi connectivity index (χ0v) is 16.1. The molecule has 28 heavy (non-hydrogen) atoms. The van der Waals surface area contributed by atoms with Gasteiger partial charge < -0.3 is 23.9 Å². The van der Waals surface area contributed by atoms with Gasteiger partial charge in [0, 0.05) is 6.54 Å². The lowest BCUT2D eigenvalue weighted by Crippen LogP contribution is -2.32. The van der Waals surface area contributed by atoms with Crippen molar-refractivity contribution in [2.75, 3.05) is 20.8 Å². The SMILES string of the molecule is CCCCN1C(=O)C(O)=C(C(=O)c2ccco2)C1c1ccc(OC)c(OC)c1. The molecular weight excluding hydrogens is 362 g/mol. The summed E-state index contributed by atoms with van der Waals surface area (Å²) in [6.07, 6.45) is 2.98. The van der Waals surface area contributed by atoms with Crippen molar-refractivity contribution in [3.8, 4) is 11.5 Å². The van der Waals surface area contributed by atoms with Crippen molar-refractivity contribution in [2.24, 2.45) is 0 Å². The molecule has 1 unspecified atom stereocenters. The van der Waals surface area contributed by atoms with E-state index in [0.29, 0.717) is 23.6 Å². The Morgan fingerprint density at radius 1 is 1.21 bits per heavy atom. The third-order valence-electron chi connectivity index (χ3n) is 4.77. The molecule has 0 saturated carbocycles. The molecule has 1 aliphatic rings. The highest BCUT2D eigenvalue weighted by molar-refractivity contribution is 6.15. The lowest BCUT2D eigenvalue weighted by atomic mass is 9.94. The number of furan rings is 1. The average molecular weight is 385 g/mol. The number of benzene rings is 1. The summed E-state index contributed by atoms with van der Waals surface area (Å²) in [5.74, 6) is -0.561. The maximum atomic E-state index is 13.0. The molecule has 2 aromatic rings. The van der Waals surface area contributed by atoms with Gasteiger partial charge in [0.2, 0.25) is 5.78 Å². The molecule has 0 aliphatic carbocycles. The number of rotatable bonds is 8. The summed E-state index contributed by atoms with van der Waals surface area (Å²) in [6.45, 7) is 2.42. The molecule has 1 aliphatic heterocycles. The van der Waals surface area contributed by atoms with Crippen LogP contribution in [0.4, 0.5) is 0 Å². The van der Waals surface area contributed by atoms with E-state index in [2.05, 4.69) is 0 Å². The van der Waals surface area contributed by atoms with Gasteiger partial charge in [-0.2, -0.15) is 0 Å². The van der Waals surface area contributed by atoms with Crippen molar-refractivity contribution in [2.45, 2.75) is 25.8 Å². The number of carbonyl (C=O) groups is 2. The van der Waals surface area contributed by atoms with Crippen LogP contribution in [-0.4, -0.2) is 42.5 Å². The van der Waals surface area contributed by atoms with Gasteiger partial charge in [-0.15, -0.1) is 0 Å². The van der Waals surface area contributed by atoms with E-state index in [1.54, 1.807) is 24.3 Å². The minimum absolute atomic E-state index is 0.00303. The minimum Gasteiger partial charge on any atom is -0.503 e. The van der Waals surface area contributed by atoms with E-state index in [1.165, 1.54) is 31.4 Å². The number of Topliss-reactive ketones (excluding diaryl/α,β-unsaturated/α-hetero) is 1. The van der Waals surface area contributed by atoms with Crippen molar-refractivity contribution in [1.29, 1.82) is 0 Å². The number of nitrogens with zero attached hydrogens (tertiary/aromatic N) is 1. The van der Waals surface area contributed by atoms with Crippen molar-refractivity contribution in [1.82, 2.24) is 4.90 Å². The summed E-state index contributed by atoms with van der Waals surface area (Å²) >= 11 is 0. The first-order chi connectivity index (χ1) is 13.5. The van der Waals surface area contributed by atoms with Crippen LogP contribution in [0, 0.1) is 0 Å². The predicted molar refractivity (Wildman–Crippen MR) is 102 cm³/mol. The van der Waals surface area contributed by atoms with Crippen LogP contribution in [0.3, 0.4) is 0 Å². The van der Waals surface area contributed by atoms with Crippen LogP contribution in [0.25, 0.3) is 0 Å². The van der Waals surface area contributed by atoms with Gasteiger partial charge in [-0.05, 0) is 36.2 Å². The highest BCUT2D eigenvalue weighted by Crippen LogP contribution is 2.41. The van der Waals surface area contributed by atoms with Crippen molar-refractivity contribution in [3.63, 3.8) is 0 Å². The van der Waals surface area contributed by atoms with Crippen molar-refractivity contribution in [3.05, 3.63) is 59.3 Å². The molecule has 3 rings (SSSR count). The summed E-state index contributed by atoms with van der Waals surface area (Å²) in [5, 5.41) is 10.5. The fraction of sp³-hybridized carbons (Fsp3) is 0.333. The highest BCUT2D eigenvalue weighted by Gasteiger charge is 2.44. The second kappa shape index (κ2) is 8.21. The van der Waals surface area contributed by atoms with E-state index in [4.69, 9.17) is 13.9 Å². The van der Waals surface area contributed by atoms with Crippen LogP contribution >= 0.6 is 0 Å². The van der Waals surface area contributed by atoms with Gasteiger partial charge in [-0.3, -0.25) is 9.59 Å². The number of ketones is 1. The number of aliphatic hydroxyl groups is 1. The van der Waals surface area contributed by atoms with Crippen LogP contribution in [0.15, 0.2) is 52.3 Å². The Morgan fingerprint density at radius 3 is 2.57 bits per heavy atom. The fourth-order valence-corrected chi connectivity index (χ4v) is 3.35. The highest BCUT2D eigenvalue weighted by atomic mass is 16.5. The first kappa shape index (κ1) is 19.5. The van der Waals surface area contributed by atoms with E-state index in [-0.39, 0.29) is 11.3 Å². The zero-order valence-electron chi connectivity index (χ0n) is 16.1. The molecule has 0 fully saturated rings. The van der Waals surface area contributed by atoms with Gasteiger partial charge in [-0.25, -0.2) is 0 Å². The normalized spacial score (nSPS) is 16.6. The van der Waals surface area contributed by atoms with E-state index in [0.717, 1.165) is 12.8 Å². The van der Waals surface area contributed by atoms with Crippen LogP contribution in [0.2, 0.25) is 0 Å². The van der Waals surface area contributed by atoms with Gasteiger partial charge >= 0.3 is 0 Å². The van der Waals surface area contributed by atoms with E-state index < -0.39 is 23.5 Å². The Hall–Kier alpha value is -3.22. The van der Waals surface area contributed by atoms with Gasteiger partial charge in [0.15, 0.2) is 23.0 Å². The first-order valence-corrected chi connectivity index (χ1v) is 9.07. The molecule has 7 nitrogen and oxygen atoms in total. The Morgan fingerprint density at radius 2 is 1.96 bits per heavy atom. The summed E-state index contributed by atoms with van der Waals surface area (Å²) in [4.78, 5) is 27.2. The molecule has 1 amide bonds. The standard InChI is InChI=1S/C21H23NO6/c1-4-5-10-22-18(13-8-9-14(26-2)16(12-13)27-3)17(20(24)21(22)25)19(23)15-7-6-11-28-15/h6-9,11-12,18,24H,4-5,10H2,1-3H3. The van der Waals surface area contributed by atoms with E-state index in [9.17, 15) is 14.7 Å². The first-order valence-electron chi connectivity index (χ1n) is 9.07. The number of methoxy groups -OCH3 is 2. The number of carbonyl (C=O) groups excluding carboxylic acids is 2. The molecule has 148 valence electrons. The van der Waals surface area contributed by atoms with Gasteiger partial charge in [0.05, 0.1) is 32.1 Å². The smallest absolute Gasteiger partial charge is 0.290 e. The molecule has 1 atom stereocenters. The predicted octanol–water partition coefficient (Wildman–Crippen LogP) is 3.68. The summed E-state index contributed by atoms with van der Waals surface area (Å²) in [7, 11) is 3.04. The van der Waals surface area contributed by atoms with Crippen LogP contribution < -0.4 is 9.47 Å². The zero-order chi connectivity index (χ0) is 20.3. The van der Waals surface area contributed by atoms with Gasteiger partial charge in [-0.1, -0.05) is 19.4 Å². The van der Waals surface area contributed by atoms with Crippen LogP contribution in [-0.2, 0) is 4.79 Å². The summed E-state index contributed by atoms with van der Waals surface area (Å²) in [6, 6.07) is 7.53. The number of unbranched alkanes of at least 4 members (excludes halogenated alkanes) is 1. The average Bonchev–Trinajstić information content (AvgIpc) is 3.33. The number of hydrogen-bond donors (Lipinski definition) is 1. The maximum absolute atomic E-state index is 13.0. The maximum Gasteiger partial charge on any atom is 0.290 e. The third-order valence-corrected chi connectivity index (χ3v) is 4.77. The molecule has 0 radical (unpaired) electrons. The number of aliphatic hydroxyl groups excluding tert-OH is 1. The molecule has 0 saturated heterocycles. The number of hydrogen-bond acceptors (Lipinski definition) is 6. The molecule has 7 heteroatoms. The molecule has 2 heterocycles. The molecule has 1 aromatic carbocycles. The van der Waals surface area contributed by atoms with Gasteiger partial charge in [0.1, 0.15) is 0 Å². The topological polar surface area (TPSA) is 89.2 Å². The quantitative estimate of drug-likeness (QED) is 0.698. The second-order valence-corrected chi connectivity index (χ2v) is 6.44. The Labute approximate surface area is 163 Å². The molecule has 1 aromatic heterocycles. The minimum atomic E-state index is -0.739. The van der Waals surface area contributed by atoms with E-state index in [1.807, 2.05) is 6.92 Å². The lowest BCUT2D eigenvalue weighted by Gasteiger charge is -2.27. The fourth-order valence-electron chi connectivity index (χ4n) is 3.35. The second-order valence-electron chi connectivity index (χ2n) is 6.44. The van der Waals surface area contributed by atoms with Crippen LogP contribution in [0.5, 0.6) is 11.5 Å². The van der Waals surface area contributed by atoms with Crippen LogP contribution in [0.1, 0.15) is 41.9 Å². The monoisotopic (exact) mass is 385 g/mol. The number of ether oxygens (including phenoxy) is 2. The summed E-state index contributed by atoms with van der Waals surface area (Å²) in [5.41, 5.74) is 0.643. The summed E-state index contributed by atoms with van der Waals surface area (Å²) < 4.78 is 15.8. The van der Waals surface area contributed by atoms with Crippen molar-refractivity contribution >= 4 is 11.7 Å². The van der Waals surface area contributed by atoms with Crippen molar-refractivity contribution < 1.29 is 28.6 Å². The lowest BCUT2D eigenvalue weighted by molar-refractivity contribution is -0.129. The largest absolute Gasteiger partial charge is 0.503 e. The Kier molecular flexibility index (Phi) is 5.73. The molecular formula is C21H23NO6. The third kappa shape index (κ3) is 3.35. The van der Waals surface area contributed by atoms with Gasteiger partial charge in [0.25, 0.3) is 5.91 Å². The molecule has 0 spiro atoms. The van der Waals surface area contributed by atoms with E-state index >= 15 is 0 Å². The molecule has 1 N–H and O–H groups in total. The molecule has 0 bridgehead atoms.